The van der Waals surface area contributed by atoms with E-state index in [2.05, 4.69) is 35.5 Å². The summed E-state index contributed by atoms with van der Waals surface area (Å²) in [4.78, 5) is 8.75. The lowest BCUT2D eigenvalue weighted by molar-refractivity contribution is -0.0504. The Bertz CT molecular complexity index is 895. The van der Waals surface area contributed by atoms with Gasteiger partial charge in [0.25, 0.3) is 0 Å². The quantitative estimate of drug-likeness (QED) is 0.404. The van der Waals surface area contributed by atoms with Crippen LogP contribution in [0, 0.1) is 0 Å². The lowest BCUT2D eigenvalue weighted by Crippen LogP contribution is -2.37. The van der Waals surface area contributed by atoms with Gasteiger partial charge in [0.1, 0.15) is 11.6 Å². The fraction of sp³-hybridized carbons (Fsp3) is 0.278. The summed E-state index contributed by atoms with van der Waals surface area (Å²) in [5.74, 6) is 2.24. The maximum Gasteiger partial charge on any atom is 0.387 e. The van der Waals surface area contributed by atoms with Gasteiger partial charge in [-0.15, -0.1) is 5.10 Å². The number of hydrogen-bond donors (Lipinski definition) is 3. The van der Waals surface area contributed by atoms with Crippen LogP contribution in [0.4, 0.5) is 8.78 Å². The second kappa shape index (κ2) is 9.49. The van der Waals surface area contributed by atoms with Gasteiger partial charge in [-0.25, -0.2) is 9.98 Å². The number of aromatic nitrogens is 3. The van der Waals surface area contributed by atoms with E-state index in [0.29, 0.717) is 42.0 Å². The molecule has 0 saturated heterocycles. The van der Waals surface area contributed by atoms with E-state index in [1.54, 1.807) is 36.6 Å². The van der Waals surface area contributed by atoms with Crippen LogP contribution < -0.4 is 15.4 Å². The fourth-order valence-corrected chi connectivity index (χ4v) is 2.41. The van der Waals surface area contributed by atoms with E-state index < -0.39 is 6.61 Å². The lowest BCUT2D eigenvalue weighted by atomic mass is 10.2. The first-order valence-electron chi connectivity index (χ1n) is 8.65. The van der Waals surface area contributed by atoms with E-state index in [0.717, 1.165) is 0 Å². The number of rotatable bonds is 8. The molecule has 0 aliphatic carbocycles. The molecule has 3 aromatic rings. The summed E-state index contributed by atoms with van der Waals surface area (Å²) in [6, 6.07) is 10.1. The summed E-state index contributed by atoms with van der Waals surface area (Å²) in [7, 11) is 0. The van der Waals surface area contributed by atoms with Crippen molar-refractivity contribution in [2.75, 3.05) is 6.54 Å². The van der Waals surface area contributed by atoms with E-state index in [1.807, 2.05) is 6.92 Å². The molecule has 28 heavy (non-hydrogen) atoms. The van der Waals surface area contributed by atoms with Crippen LogP contribution in [0.15, 0.2) is 52.1 Å². The van der Waals surface area contributed by atoms with Crippen LogP contribution >= 0.6 is 0 Å². The summed E-state index contributed by atoms with van der Waals surface area (Å²) in [6.45, 7) is 0.191. The van der Waals surface area contributed by atoms with Gasteiger partial charge in [-0.05, 0) is 25.1 Å². The topological polar surface area (TPSA) is 100 Å². The average Bonchev–Trinajstić information content (AvgIpc) is 3.36. The fourth-order valence-electron chi connectivity index (χ4n) is 2.41. The molecule has 0 radical (unpaired) electrons. The second-order valence-corrected chi connectivity index (χ2v) is 5.62. The highest BCUT2D eigenvalue weighted by Crippen LogP contribution is 2.21. The minimum atomic E-state index is -2.88. The summed E-state index contributed by atoms with van der Waals surface area (Å²) in [5.41, 5.74) is 0.555. The number of aliphatic imine (C=N–C) groups is 1. The predicted molar refractivity (Wildman–Crippen MR) is 98.8 cm³/mol. The van der Waals surface area contributed by atoms with Crippen molar-refractivity contribution in [3.63, 3.8) is 0 Å². The zero-order valence-corrected chi connectivity index (χ0v) is 15.2. The summed E-state index contributed by atoms with van der Waals surface area (Å²) in [6.07, 6.45) is 1.55. The zero-order valence-electron chi connectivity index (χ0n) is 15.2. The molecule has 8 nitrogen and oxygen atoms in total. The molecule has 3 rings (SSSR count). The Morgan fingerprint density at radius 2 is 2.11 bits per heavy atom. The van der Waals surface area contributed by atoms with Crippen molar-refractivity contribution in [2.24, 2.45) is 4.99 Å². The molecule has 2 heterocycles. The Balaban J connectivity index is 1.63. The van der Waals surface area contributed by atoms with Crippen molar-refractivity contribution in [3.05, 3.63) is 54.0 Å². The molecule has 0 bridgehead atoms. The van der Waals surface area contributed by atoms with Gasteiger partial charge in [-0.2, -0.15) is 8.78 Å². The number of ether oxygens (including phenoxy) is 1. The summed E-state index contributed by atoms with van der Waals surface area (Å²) >= 11 is 0. The molecule has 0 unspecified atom stereocenters. The number of aromatic amines is 1. The number of benzene rings is 1. The lowest BCUT2D eigenvalue weighted by Gasteiger charge is -2.12. The monoisotopic (exact) mass is 390 g/mol. The van der Waals surface area contributed by atoms with Crippen molar-refractivity contribution >= 4 is 5.96 Å². The van der Waals surface area contributed by atoms with Crippen LogP contribution in [-0.2, 0) is 13.1 Å². The number of nitrogens with one attached hydrogen (secondary N) is 3. The second-order valence-electron chi connectivity index (χ2n) is 5.62. The standard InChI is InChI=1S/C18H20F2N6O2/c1-2-21-18(22-10-12-6-3-4-7-13(12)28-17(19)20)23-11-15-24-16(26-25-15)14-8-5-9-27-14/h3-9,17H,2,10-11H2,1H3,(H2,21,22,23)(H,24,25,26). The molecule has 1 aromatic carbocycles. The van der Waals surface area contributed by atoms with E-state index >= 15 is 0 Å². The third-order valence-electron chi connectivity index (χ3n) is 3.64. The molecular weight excluding hydrogens is 370 g/mol. The van der Waals surface area contributed by atoms with E-state index in [4.69, 9.17) is 4.42 Å². The first-order chi connectivity index (χ1) is 13.7. The van der Waals surface area contributed by atoms with E-state index in [1.165, 1.54) is 6.07 Å². The Hall–Kier alpha value is -3.43. The normalized spacial score (nSPS) is 11.6. The van der Waals surface area contributed by atoms with E-state index in [9.17, 15) is 8.78 Å². The maximum atomic E-state index is 12.5. The molecule has 0 spiro atoms. The van der Waals surface area contributed by atoms with Crippen LogP contribution in [0.1, 0.15) is 18.3 Å². The molecule has 0 atom stereocenters. The van der Waals surface area contributed by atoms with Gasteiger partial charge in [-0.1, -0.05) is 18.2 Å². The number of furan rings is 1. The molecule has 2 aromatic heterocycles. The molecule has 0 saturated carbocycles. The number of alkyl halides is 2. The number of para-hydroxylation sites is 1. The maximum absolute atomic E-state index is 12.5. The highest BCUT2D eigenvalue weighted by Gasteiger charge is 2.10. The van der Waals surface area contributed by atoms with Crippen LogP contribution in [0.2, 0.25) is 0 Å². The number of nitrogens with zero attached hydrogens (tertiary/aromatic N) is 3. The third kappa shape index (κ3) is 5.29. The van der Waals surface area contributed by atoms with Gasteiger partial charge < -0.3 is 19.8 Å². The zero-order chi connectivity index (χ0) is 19.8. The predicted octanol–water partition coefficient (Wildman–Crippen LogP) is 2.92. The third-order valence-corrected chi connectivity index (χ3v) is 3.64. The molecule has 148 valence electrons. The van der Waals surface area contributed by atoms with Crippen LogP contribution in [0.5, 0.6) is 5.75 Å². The van der Waals surface area contributed by atoms with E-state index in [-0.39, 0.29) is 12.3 Å². The SMILES string of the molecule is CCNC(=NCc1ccccc1OC(F)F)NCc1nc(-c2ccco2)n[nH]1. The van der Waals surface area contributed by atoms with Crippen molar-refractivity contribution in [1.29, 1.82) is 0 Å². The van der Waals surface area contributed by atoms with Crippen LogP contribution in [-0.4, -0.2) is 34.3 Å². The van der Waals surface area contributed by atoms with Crippen molar-refractivity contribution in [2.45, 2.75) is 26.6 Å². The Morgan fingerprint density at radius 3 is 2.86 bits per heavy atom. The van der Waals surface area contributed by atoms with Gasteiger partial charge in [0.05, 0.1) is 19.4 Å². The van der Waals surface area contributed by atoms with Crippen molar-refractivity contribution in [1.82, 2.24) is 25.8 Å². The van der Waals surface area contributed by atoms with Gasteiger partial charge in [0.15, 0.2) is 11.7 Å². The minimum Gasteiger partial charge on any atom is -0.461 e. The minimum absolute atomic E-state index is 0.107. The highest BCUT2D eigenvalue weighted by atomic mass is 19.3. The summed E-state index contributed by atoms with van der Waals surface area (Å²) in [5, 5.41) is 13.1. The van der Waals surface area contributed by atoms with Gasteiger partial charge in [0, 0.05) is 12.1 Å². The first kappa shape index (κ1) is 19.3. The molecule has 3 N–H and O–H groups in total. The number of halogens is 2. The average molecular weight is 390 g/mol. The highest BCUT2D eigenvalue weighted by molar-refractivity contribution is 5.79. The van der Waals surface area contributed by atoms with Crippen LogP contribution in [0.3, 0.4) is 0 Å². The van der Waals surface area contributed by atoms with Crippen molar-refractivity contribution in [3.8, 4) is 17.3 Å². The molecular formula is C18H20F2N6O2. The van der Waals surface area contributed by atoms with Crippen molar-refractivity contribution < 1.29 is 17.9 Å². The molecule has 10 heteroatoms. The smallest absolute Gasteiger partial charge is 0.387 e. The molecule has 0 aliphatic rings. The Labute approximate surface area is 160 Å². The van der Waals surface area contributed by atoms with Gasteiger partial charge in [0.2, 0.25) is 5.82 Å². The van der Waals surface area contributed by atoms with Gasteiger partial charge in [-0.3, -0.25) is 5.10 Å². The number of H-pyrrole nitrogens is 1. The molecule has 0 fully saturated rings. The van der Waals surface area contributed by atoms with Gasteiger partial charge >= 0.3 is 6.61 Å². The number of hydrogen-bond acceptors (Lipinski definition) is 5. The summed E-state index contributed by atoms with van der Waals surface area (Å²) < 4.78 is 34.8. The first-order valence-corrected chi connectivity index (χ1v) is 8.65. The molecule has 0 aliphatic heterocycles. The molecule has 0 amide bonds. The Kier molecular flexibility index (Phi) is 6.55. The van der Waals surface area contributed by atoms with Crippen LogP contribution in [0.25, 0.3) is 11.6 Å². The Morgan fingerprint density at radius 1 is 1.25 bits per heavy atom. The number of guanidine groups is 1. The largest absolute Gasteiger partial charge is 0.461 e.